The van der Waals surface area contributed by atoms with E-state index in [2.05, 4.69) is 13.8 Å². The minimum Gasteiger partial charge on any atom is -0.423 e. The second-order valence-corrected chi connectivity index (χ2v) is 5.49. The molecule has 0 bridgehead atoms. The van der Waals surface area contributed by atoms with Gasteiger partial charge in [0.2, 0.25) is 0 Å². The number of amides is 1. The lowest BCUT2D eigenvalue weighted by Crippen LogP contribution is -2.45. The summed E-state index contributed by atoms with van der Waals surface area (Å²) in [5.74, 6) is 0.494. The quantitative estimate of drug-likeness (QED) is 0.767. The molecule has 2 rings (SSSR count). The van der Waals surface area contributed by atoms with Crippen molar-refractivity contribution in [2.24, 2.45) is 5.92 Å². The van der Waals surface area contributed by atoms with Gasteiger partial charge in [0.1, 0.15) is 0 Å². The van der Waals surface area contributed by atoms with E-state index in [9.17, 15) is 4.79 Å². The highest BCUT2D eigenvalue weighted by Gasteiger charge is 2.28. The van der Waals surface area contributed by atoms with Crippen LogP contribution in [0.4, 0.5) is 0 Å². The zero-order valence-corrected chi connectivity index (χ0v) is 11.4. The number of likely N-dealkylation sites (tertiary alicyclic amines) is 1. The number of hydrogen-bond donors (Lipinski definition) is 2. The Morgan fingerprint density at radius 2 is 2.05 bits per heavy atom. The summed E-state index contributed by atoms with van der Waals surface area (Å²) in [6, 6.07) is 6.80. The van der Waals surface area contributed by atoms with Crippen molar-refractivity contribution >= 4 is 18.5 Å². The second kappa shape index (κ2) is 5.76. The van der Waals surface area contributed by atoms with Crippen molar-refractivity contribution in [2.75, 3.05) is 6.54 Å². The van der Waals surface area contributed by atoms with Crippen molar-refractivity contribution in [1.82, 2.24) is 4.90 Å². The summed E-state index contributed by atoms with van der Waals surface area (Å²) in [5.41, 5.74) is 0.870. The highest BCUT2D eigenvalue weighted by molar-refractivity contribution is 6.58. The van der Waals surface area contributed by atoms with E-state index >= 15 is 0 Å². The van der Waals surface area contributed by atoms with Crippen LogP contribution in [0, 0.1) is 5.92 Å². The molecule has 1 aromatic carbocycles. The number of carbonyl (C=O) groups is 1. The van der Waals surface area contributed by atoms with E-state index in [0.717, 1.165) is 19.4 Å². The van der Waals surface area contributed by atoms with Gasteiger partial charge < -0.3 is 14.9 Å². The second-order valence-electron chi connectivity index (χ2n) is 5.49. The Balaban J connectivity index is 2.21. The summed E-state index contributed by atoms with van der Waals surface area (Å²) < 4.78 is 0. The summed E-state index contributed by atoms with van der Waals surface area (Å²) in [7, 11) is -1.54. The predicted molar refractivity (Wildman–Crippen MR) is 75.2 cm³/mol. The van der Waals surface area contributed by atoms with Crippen LogP contribution in [-0.4, -0.2) is 40.6 Å². The topological polar surface area (TPSA) is 60.8 Å². The van der Waals surface area contributed by atoms with Crippen LogP contribution in [0.15, 0.2) is 24.3 Å². The molecule has 1 aliphatic rings. The van der Waals surface area contributed by atoms with Gasteiger partial charge in [-0.15, -0.1) is 0 Å². The summed E-state index contributed by atoms with van der Waals surface area (Å²) >= 11 is 0. The van der Waals surface area contributed by atoms with Crippen LogP contribution in [0.1, 0.15) is 37.0 Å². The van der Waals surface area contributed by atoms with Gasteiger partial charge >= 0.3 is 7.12 Å². The number of benzene rings is 1. The van der Waals surface area contributed by atoms with Gasteiger partial charge in [-0.1, -0.05) is 19.1 Å². The number of hydrogen-bond acceptors (Lipinski definition) is 3. The van der Waals surface area contributed by atoms with Crippen molar-refractivity contribution in [3.8, 4) is 0 Å². The Hall–Kier alpha value is -1.33. The highest BCUT2D eigenvalue weighted by Crippen LogP contribution is 2.23. The lowest BCUT2D eigenvalue weighted by molar-refractivity contribution is 0.0574. The van der Waals surface area contributed by atoms with Gasteiger partial charge in [-0.2, -0.15) is 0 Å². The lowest BCUT2D eigenvalue weighted by Gasteiger charge is -2.37. The van der Waals surface area contributed by atoms with Gasteiger partial charge in [0, 0.05) is 18.2 Å². The zero-order chi connectivity index (χ0) is 14.0. The fraction of sp³-hybridized carbons (Fsp3) is 0.500. The molecular weight excluding hydrogens is 241 g/mol. The molecule has 1 heterocycles. The number of piperidine rings is 1. The van der Waals surface area contributed by atoms with Crippen LogP contribution < -0.4 is 5.46 Å². The van der Waals surface area contributed by atoms with E-state index < -0.39 is 7.12 Å². The maximum atomic E-state index is 12.5. The average Bonchev–Trinajstić information content (AvgIpc) is 2.41. The van der Waals surface area contributed by atoms with Gasteiger partial charge in [0.25, 0.3) is 5.91 Å². The van der Waals surface area contributed by atoms with Crippen LogP contribution in [0.5, 0.6) is 0 Å². The molecule has 4 nitrogen and oxygen atoms in total. The van der Waals surface area contributed by atoms with Gasteiger partial charge in [0.05, 0.1) is 0 Å². The van der Waals surface area contributed by atoms with Gasteiger partial charge in [0.15, 0.2) is 0 Å². The third-order valence-corrected chi connectivity index (χ3v) is 3.81. The van der Waals surface area contributed by atoms with E-state index in [-0.39, 0.29) is 11.9 Å². The van der Waals surface area contributed by atoms with E-state index in [4.69, 9.17) is 10.0 Å². The van der Waals surface area contributed by atoms with Crippen molar-refractivity contribution < 1.29 is 14.8 Å². The van der Waals surface area contributed by atoms with Crippen molar-refractivity contribution in [3.63, 3.8) is 0 Å². The Morgan fingerprint density at radius 3 is 2.74 bits per heavy atom. The van der Waals surface area contributed by atoms with E-state index in [1.807, 2.05) is 4.90 Å². The molecule has 0 radical (unpaired) electrons. The Morgan fingerprint density at radius 1 is 1.32 bits per heavy atom. The van der Waals surface area contributed by atoms with Crippen LogP contribution in [0.2, 0.25) is 0 Å². The molecule has 2 unspecified atom stereocenters. The highest BCUT2D eigenvalue weighted by atomic mass is 16.4. The molecule has 102 valence electrons. The number of nitrogens with zero attached hydrogens (tertiary/aromatic N) is 1. The maximum Gasteiger partial charge on any atom is 0.488 e. The van der Waals surface area contributed by atoms with E-state index in [1.165, 1.54) is 0 Å². The molecular formula is C14H20BNO3. The van der Waals surface area contributed by atoms with Crippen LogP contribution in [-0.2, 0) is 0 Å². The van der Waals surface area contributed by atoms with Gasteiger partial charge in [-0.05, 0) is 43.3 Å². The largest absolute Gasteiger partial charge is 0.488 e. The summed E-state index contributed by atoms with van der Waals surface area (Å²) in [6.07, 6.45) is 2.18. The summed E-state index contributed by atoms with van der Waals surface area (Å²) in [5, 5.41) is 18.3. The first kappa shape index (κ1) is 14.1. The van der Waals surface area contributed by atoms with Gasteiger partial charge in [-0.25, -0.2) is 0 Å². The molecule has 2 atom stereocenters. The van der Waals surface area contributed by atoms with Crippen molar-refractivity contribution in [2.45, 2.75) is 32.7 Å². The molecule has 0 saturated carbocycles. The summed E-state index contributed by atoms with van der Waals surface area (Å²) in [6.45, 7) is 4.99. The first-order chi connectivity index (χ1) is 8.99. The van der Waals surface area contributed by atoms with E-state index in [1.54, 1.807) is 24.3 Å². The molecule has 5 heteroatoms. The standard InChI is InChI=1S/C14H20BNO3/c1-10-6-7-11(2)16(9-10)14(17)12-4-3-5-13(8-12)15(18)19/h3-5,8,10-11,18-19H,6-7,9H2,1-2H3. The van der Waals surface area contributed by atoms with Crippen LogP contribution in [0.3, 0.4) is 0 Å². The van der Waals surface area contributed by atoms with Crippen LogP contribution in [0.25, 0.3) is 0 Å². The fourth-order valence-electron chi connectivity index (χ4n) is 2.57. The van der Waals surface area contributed by atoms with E-state index in [0.29, 0.717) is 16.9 Å². The SMILES string of the molecule is CC1CCC(C)N(C(=O)c2cccc(B(O)O)c2)C1. The third-order valence-electron chi connectivity index (χ3n) is 3.81. The molecule has 2 N–H and O–H groups in total. The molecule has 1 aromatic rings. The smallest absolute Gasteiger partial charge is 0.423 e. The van der Waals surface area contributed by atoms with Crippen molar-refractivity contribution in [1.29, 1.82) is 0 Å². The minimum atomic E-state index is -1.54. The summed E-state index contributed by atoms with van der Waals surface area (Å²) in [4.78, 5) is 14.4. The normalized spacial score (nSPS) is 23.3. The predicted octanol–water partition coefficient (Wildman–Crippen LogP) is 0.627. The maximum absolute atomic E-state index is 12.5. The third kappa shape index (κ3) is 3.17. The van der Waals surface area contributed by atoms with Crippen molar-refractivity contribution in [3.05, 3.63) is 29.8 Å². The molecule has 0 aliphatic carbocycles. The molecule has 0 spiro atoms. The molecule has 1 fully saturated rings. The monoisotopic (exact) mass is 261 g/mol. The molecule has 1 aliphatic heterocycles. The fourth-order valence-corrected chi connectivity index (χ4v) is 2.57. The number of carbonyl (C=O) groups excluding carboxylic acids is 1. The Labute approximate surface area is 114 Å². The average molecular weight is 261 g/mol. The first-order valence-electron chi connectivity index (χ1n) is 6.76. The van der Waals surface area contributed by atoms with Crippen LogP contribution >= 0.6 is 0 Å². The molecule has 1 saturated heterocycles. The molecule has 19 heavy (non-hydrogen) atoms. The van der Waals surface area contributed by atoms with Gasteiger partial charge in [-0.3, -0.25) is 4.79 Å². The first-order valence-corrected chi connectivity index (χ1v) is 6.76. The minimum absolute atomic E-state index is 0.0263. The molecule has 1 amide bonds. The molecule has 0 aromatic heterocycles. The Kier molecular flexibility index (Phi) is 4.27. The lowest BCUT2D eigenvalue weighted by atomic mass is 9.79. The number of rotatable bonds is 2. The zero-order valence-electron chi connectivity index (χ0n) is 11.4. The Bertz CT molecular complexity index is 464.